The second kappa shape index (κ2) is 7.76. The third-order valence-electron chi connectivity index (χ3n) is 4.49. The molecule has 142 valence electrons. The quantitative estimate of drug-likeness (QED) is 0.594. The zero-order valence-corrected chi connectivity index (χ0v) is 15.9. The van der Waals surface area contributed by atoms with Crippen molar-refractivity contribution in [2.24, 2.45) is 5.92 Å². The predicted octanol–water partition coefficient (Wildman–Crippen LogP) is 2.36. The number of hydrogen-bond acceptors (Lipinski definition) is 5. The molecule has 1 heterocycles. The molecule has 1 unspecified atom stereocenters. The monoisotopic (exact) mass is 362 g/mol. The van der Waals surface area contributed by atoms with Gasteiger partial charge in [-0.25, -0.2) is 4.79 Å². The van der Waals surface area contributed by atoms with Crippen molar-refractivity contribution in [3.05, 3.63) is 29.3 Å². The molecule has 3 amide bonds. The topological polar surface area (TPSA) is 84.9 Å². The summed E-state index contributed by atoms with van der Waals surface area (Å²) in [5, 5.41) is 2.68. The standard InChI is InChI=1S/C19H26N2O5/c1-12(2)8-9-26-16(22)11-21-17(23)19(4,20-18(21)24)14-6-7-15(25-5)13(3)10-14/h6-7,10,12H,8-9,11H2,1-5H3,(H,20,24). The SMILES string of the molecule is COc1ccc(C2(C)NC(=O)N(CC(=O)OCCC(C)C)C2=O)cc1C. The van der Waals surface area contributed by atoms with E-state index in [4.69, 9.17) is 9.47 Å². The normalized spacial score (nSPS) is 19.7. The highest BCUT2D eigenvalue weighted by molar-refractivity contribution is 6.08. The second-order valence-corrected chi connectivity index (χ2v) is 7.03. The number of esters is 1. The van der Waals surface area contributed by atoms with E-state index < -0.39 is 30.0 Å². The first-order valence-corrected chi connectivity index (χ1v) is 8.64. The first kappa shape index (κ1) is 19.8. The van der Waals surface area contributed by atoms with Crippen LogP contribution >= 0.6 is 0 Å². The lowest BCUT2D eigenvalue weighted by Gasteiger charge is -2.23. The highest BCUT2D eigenvalue weighted by Gasteiger charge is 2.49. The number of hydrogen-bond donors (Lipinski definition) is 1. The van der Waals surface area contributed by atoms with Crippen molar-refractivity contribution < 1.29 is 23.9 Å². The lowest BCUT2D eigenvalue weighted by molar-refractivity contribution is -0.148. The van der Waals surface area contributed by atoms with Crippen LogP contribution in [0.15, 0.2) is 18.2 Å². The molecule has 1 aliphatic heterocycles. The molecule has 1 aliphatic rings. The average Bonchev–Trinajstić information content (AvgIpc) is 2.78. The van der Waals surface area contributed by atoms with Gasteiger partial charge in [0, 0.05) is 0 Å². The summed E-state index contributed by atoms with van der Waals surface area (Å²) in [4.78, 5) is 37.9. The Morgan fingerprint density at radius 2 is 2.00 bits per heavy atom. The molecule has 26 heavy (non-hydrogen) atoms. The zero-order valence-electron chi connectivity index (χ0n) is 15.9. The van der Waals surface area contributed by atoms with Crippen molar-refractivity contribution in [3.63, 3.8) is 0 Å². The molecule has 1 aromatic rings. The van der Waals surface area contributed by atoms with Gasteiger partial charge in [0.2, 0.25) is 0 Å². The van der Waals surface area contributed by atoms with Gasteiger partial charge in [0.1, 0.15) is 17.8 Å². The molecule has 1 atom stereocenters. The first-order chi connectivity index (χ1) is 12.2. The Labute approximate surface area is 153 Å². The van der Waals surface area contributed by atoms with E-state index in [9.17, 15) is 14.4 Å². The maximum absolute atomic E-state index is 12.8. The maximum atomic E-state index is 12.8. The molecule has 2 rings (SSSR count). The molecule has 1 saturated heterocycles. The van der Waals surface area contributed by atoms with Gasteiger partial charge in [0.05, 0.1) is 13.7 Å². The summed E-state index contributed by atoms with van der Waals surface area (Å²) in [7, 11) is 1.57. The van der Waals surface area contributed by atoms with Crippen LogP contribution in [0.25, 0.3) is 0 Å². The van der Waals surface area contributed by atoms with Gasteiger partial charge in [-0.15, -0.1) is 0 Å². The van der Waals surface area contributed by atoms with E-state index in [0.29, 0.717) is 17.2 Å². The molecule has 1 aromatic carbocycles. The van der Waals surface area contributed by atoms with E-state index in [-0.39, 0.29) is 6.61 Å². The Morgan fingerprint density at radius 1 is 1.31 bits per heavy atom. The zero-order chi connectivity index (χ0) is 19.5. The van der Waals surface area contributed by atoms with Crippen LogP contribution in [0.3, 0.4) is 0 Å². The minimum Gasteiger partial charge on any atom is -0.496 e. The number of methoxy groups -OCH3 is 1. The van der Waals surface area contributed by atoms with Crippen LogP contribution in [-0.2, 0) is 19.9 Å². The summed E-state index contributed by atoms with van der Waals surface area (Å²) in [6.07, 6.45) is 0.731. The number of nitrogens with zero attached hydrogens (tertiary/aromatic N) is 1. The average molecular weight is 362 g/mol. The third kappa shape index (κ3) is 3.98. The minimum absolute atomic E-state index is 0.273. The van der Waals surface area contributed by atoms with Gasteiger partial charge in [-0.1, -0.05) is 19.9 Å². The highest BCUT2D eigenvalue weighted by atomic mass is 16.5. The number of nitrogens with one attached hydrogen (secondary N) is 1. The number of amides is 3. The Morgan fingerprint density at radius 3 is 2.58 bits per heavy atom. The smallest absolute Gasteiger partial charge is 0.326 e. The summed E-state index contributed by atoms with van der Waals surface area (Å²) in [5.74, 6) is 0.0259. The van der Waals surface area contributed by atoms with E-state index in [2.05, 4.69) is 5.32 Å². The van der Waals surface area contributed by atoms with Crippen LogP contribution in [-0.4, -0.2) is 43.1 Å². The summed E-state index contributed by atoms with van der Waals surface area (Å²) in [6.45, 7) is 7.40. The minimum atomic E-state index is -1.23. The van der Waals surface area contributed by atoms with Crippen LogP contribution in [0, 0.1) is 12.8 Å². The van der Waals surface area contributed by atoms with E-state index in [1.54, 1.807) is 32.2 Å². The largest absolute Gasteiger partial charge is 0.496 e. The molecule has 7 heteroatoms. The molecular weight excluding hydrogens is 336 g/mol. The van der Waals surface area contributed by atoms with Gasteiger partial charge < -0.3 is 14.8 Å². The van der Waals surface area contributed by atoms with Crippen molar-refractivity contribution in [3.8, 4) is 5.75 Å². The molecule has 0 aliphatic carbocycles. The number of urea groups is 1. The molecule has 0 radical (unpaired) electrons. The molecule has 0 spiro atoms. The van der Waals surface area contributed by atoms with Gasteiger partial charge in [0.25, 0.3) is 5.91 Å². The number of benzene rings is 1. The highest BCUT2D eigenvalue weighted by Crippen LogP contribution is 2.31. The Kier molecular flexibility index (Phi) is 5.90. The van der Waals surface area contributed by atoms with Crippen LogP contribution in [0.5, 0.6) is 5.75 Å². The number of aryl methyl sites for hydroxylation is 1. The first-order valence-electron chi connectivity index (χ1n) is 8.64. The molecule has 7 nitrogen and oxygen atoms in total. The number of rotatable bonds is 7. The van der Waals surface area contributed by atoms with Gasteiger partial charge in [0.15, 0.2) is 0 Å². The van der Waals surface area contributed by atoms with Crippen molar-refractivity contribution in [2.75, 3.05) is 20.3 Å². The summed E-state index contributed by atoms with van der Waals surface area (Å²) < 4.78 is 10.3. The van der Waals surface area contributed by atoms with E-state index in [1.807, 2.05) is 20.8 Å². The molecular formula is C19H26N2O5. The molecule has 0 bridgehead atoms. The van der Waals surface area contributed by atoms with Crippen LogP contribution < -0.4 is 10.1 Å². The van der Waals surface area contributed by atoms with Crippen LogP contribution in [0.1, 0.15) is 38.3 Å². The van der Waals surface area contributed by atoms with Crippen molar-refractivity contribution in [1.29, 1.82) is 0 Å². The summed E-state index contributed by atoms with van der Waals surface area (Å²) >= 11 is 0. The van der Waals surface area contributed by atoms with Crippen LogP contribution in [0.2, 0.25) is 0 Å². The molecule has 1 fully saturated rings. The van der Waals surface area contributed by atoms with Crippen molar-refractivity contribution in [2.45, 2.75) is 39.7 Å². The Balaban J connectivity index is 2.12. The Bertz CT molecular complexity index is 716. The van der Waals surface area contributed by atoms with Gasteiger partial charge >= 0.3 is 12.0 Å². The maximum Gasteiger partial charge on any atom is 0.326 e. The lowest BCUT2D eigenvalue weighted by Crippen LogP contribution is -2.41. The van der Waals surface area contributed by atoms with Gasteiger partial charge in [-0.3, -0.25) is 14.5 Å². The number of imide groups is 1. The number of carbonyl (C=O) groups is 3. The second-order valence-electron chi connectivity index (χ2n) is 7.03. The van der Waals surface area contributed by atoms with Gasteiger partial charge in [-0.05, 0) is 49.4 Å². The summed E-state index contributed by atoms with van der Waals surface area (Å²) in [5.41, 5.74) is 0.247. The molecule has 0 aromatic heterocycles. The fraction of sp³-hybridized carbons (Fsp3) is 0.526. The lowest BCUT2D eigenvalue weighted by atomic mass is 9.90. The fourth-order valence-electron chi connectivity index (χ4n) is 2.81. The van der Waals surface area contributed by atoms with E-state index in [0.717, 1.165) is 16.9 Å². The molecule has 0 saturated carbocycles. The third-order valence-corrected chi connectivity index (χ3v) is 4.49. The van der Waals surface area contributed by atoms with Crippen molar-refractivity contribution >= 4 is 17.9 Å². The van der Waals surface area contributed by atoms with Gasteiger partial charge in [-0.2, -0.15) is 0 Å². The fourth-order valence-corrected chi connectivity index (χ4v) is 2.81. The van der Waals surface area contributed by atoms with Crippen molar-refractivity contribution in [1.82, 2.24) is 10.2 Å². The van der Waals surface area contributed by atoms with E-state index in [1.165, 1.54) is 0 Å². The number of carbonyl (C=O) groups excluding carboxylic acids is 3. The number of ether oxygens (including phenoxy) is 2. The predicted molar refractivity (Wildman–Crippen MR) is 95.7 cm³/mol. The summed E-state index contributed by atoms with van der Waals surface area (Å²) in [6, 6.07) is 4.67. The Hall–Kier alpha value is -2.57. The molecule has 1 N–H and O–H groups in total. The van der Waals surface area contributed by atoms with E-state index >= 15 is 0 Å². The van der Waals surface area contributed by atoms with Crippen LogP contribution in [0.4, 0.5) is 4.79 Å².